The van der Waals surface area contributed by atoms with Gasteiger partial charge in [0.1, 0.15) is 0 Å². The Balaban J connectivity index is 2.36. The summed E-state index contributed by atoms with van der Waals surface area (Å²) in [7, 11) is 0. The summed E-state index contributed by atoms with van der Waals surface area (Å²) in [6, 6.07) is 0. The van der Waals surface area contributed by atoms with Crippen molar-refractivity contribution in [3.8, 4) is 0 Å². The highest BCUT2D eigenvalue weighted by Gasteiger charge is 2.30. The van der Waals surface area contributed by atoms with Crippen LogP contribution in [0.5, 0.6) is 0 Å². The molecule has 0 bridgehead atoms. The minimum Gasteiger partial charge on any atom is -0.391 e. The topological polar surface area (TPSA) is 29.5 Å². The van der Waals surface area contributed by atoms with Crippen molar-refractivity contribution < 1.29 is 9.84 Å². The Morgan fingerprint density at radius 2 is 2.00 bits per heavy atom. The second-order valence-electron chi connectivity index (χ2n) is 6.03. The summed E-state index contributed by atoms with van der Waals surface area (Å²) in [5, 5.41) is 9.18. The van der Waals surface area contributed by atoms with Gasteiger partial charge in [-0.3, -0.25) is 0 Å². The molecule has 1 unspecified atom stereocenters. The molecule has 15 heavy (non-hydrogen) atoms. The first kappa shape index (κ1) is 13.0. The standard InChI is InChI=1S/C13H26O2/c1-10(14)9-15-12-7-5-6-11(8-12)13(2,3)4/h10-12,14H,5-9H2,1-4H3/t10?,11-,12+/m1/s1. The summed E-state index contributed by atoms with van der Waals surface area (Å²) in [6.45, 7) is 9.21. The lowest BCUT2D eigenvalue weighted by molar-refractivity contribution is -0.0393. The molecule has 1 aliphatic carbocycles. The molecule has 0 spiro atoms. The fourth-order valence-corrected chi connectivity index (χ4v) is 2.36. The average Bonchev–Trinajstić information content (AvgIpc) is 2.14. The molecule has 0 aromatic carbocycles. The maximum atomic E-state index is 9.18. The molecule has 1 saturated carbocycles. The second-order valence-corrected chi connectivity index (χ2v) is 6.03. The summed E-state index contributed by atoms with van der Waals surface area (Å²) in [6.07, 6.45) is 4.97. The number of hydrogen-bond donors (Lipinski definition) is 1. The SMILES string of the molecule is CC(O)CO[C@H]1CCC[C@@H](C(C)(C)C)C1. The number of ether oxygens (including phenoxy) is 1. The Kier molecular flexibility index (Phi) is 4.60. The van der Waals surface area contributed by atoms with Gasteiger partial charge in [-0.1, -0.05) is 27.2 Å². The van der Waals surface area contributed by atoms with Gasteiger partial charge in [0.05, 0.1) is 18.8 Å². The molecule has 3 atom stereocenters. The summed E-state index contributed by atoms with van der Waals surface area (Å²) < 4.78 is 5.72. The van der Waals surface area contributed by atoms with E-state index in [2.05, 4.69) is 20.8 Å². The zero-order valence-electron chi connectivity index (χ0n) is 10.6. The van der Waals surface area contributed by atoms with Crippen LogP contribution in [0.1, 0.15) is 53.4 Å². The molecule has 0 aromatic heterocycles. The Morgan fingerprint density at radius 1 is 1.33 bits per heavy atom. The van der Waals surface area contributed by atoms with Crippen LogP contribution in [0.15, 0.2) is 0 Å². The second kappa shape index (κ2) is 5.31. The first-order valence-corrected chi connectivity index (χ1v) is 6.19. The van der Waals surface area contributed by atoms with Gasteiger partial charge in [0, 0.05) is 0 Å². The molecule has 1 aliphatic rings. The van der Waals surface area contributed by atoms with Crippen molar-refractivity contribution in [2.75, 3.05) is 6.61 Å². The van der Waals surface area contributed by atoms with Gasteiger partial charge < -0.3 is 9.84 Å². The van der Waals surface area contributed by atoms with Crippen LogP contribution in [0.2, 0.25) is 0 Å². The summed E-state index contributed by atoms with van der Waals surface area (Å²) in [5.74, 6) is 0.769. The Labute approximate surface area is 94.0 Å². The van der Waals surface area contributed by atoms with Gasteiger partial charge in [-0.2, -0.15) is 0 Å². The predicted octanol–water partition coefficient (Wildman–Crippen LogP) is 2.99. The van der Waals surface area contributed by atoms with Gasteiger partial charge in [-0.05, 0) is 37.5 Å². The van der Waals surface area contributed by atoms with Crippen molar-refractivity contribution in [3.05, 3.63) is 0 Å². The third kappa shape index (κ3) is 4.52. The van der Waals surface area contributed by atoms with Gasteiger partial charge in [-0.25, -0.2) is 0 Å². The zero-order valence-corrected chi connectivity index (χ0v) is 10.6. The highest BCUT2D eigenvalue weighted by atomic mass is 16.5. The Morgan fingerprint density at radius 3 is 2.53 bits per heavy atom. The smallest absolute Gasteiger partial charge is 0.0745 e. The molecule has 1 N–H and O–H groups in total. The quantitative estimate of drug-likeness (QED) is 0.782. The number of aliphatic hydroxyl groups excluding tert-OH is 1. The van der Waals surface area contributed by atoms with E-state index in [0.29, 0.717) is 18.1 Å². The molecule has 0 aromatic rings. The van der Waals surface area contributed by atoms with E-state index >= 15 is 0 Å². The molecule has 0 radical (unpaired) electrons. The van der Waals surface area contributed by atoms with Crippen LogP contribution in [0.4, 0.5) is 0 Å². The van der Waals surface area contributed by atoms with Crippen LogP contribution in [0.25, 0.3) is 0 Å². The molecule has 2 nitrogen and oxygen atoms in total. The number of hydrogen-bond acceptors (Lipinski definition) is 2. The first-order valence-electron chi connectivity index (χ1n) is 6.19. The molecule has 0 aliphatic heterocycles. The third-order valence-electron chi connectivity index (χ3n) is 3.42. The molecular formula is C13H26O2. The van der Waals surface area contributed by atoms with Gasteiger partial charge in [0.2, 0.25) is 0 Å². The molecule has 0 amide bonds. The minimum absolute atomic E-state index is 0.333. The van der Waals surface area contributed by atoms with Crippen LogP contribution in [0, 0.1) is 11.3 Å². The molecule has 1 rings (SSSR count). The van der Waals surface area contributed by atoms with Crippen LogP contribution < -0.4 is 0 Å². The molecule has 0 heterocycles. The maximum Gasteiger partial charge on any atom is 0.0745 e. The highest BCUT2D eigenvalue weighted by Crippen LogP contribution is 2.38. The van der Waals surface area contributed by atoms with Crippen molar-refractivity contribution in [2.45, 2.75) is 65.6 Å². The van der Waals surface area contributed by atoms with E-state index in [9.17, 15) is 5.11 Å². The van der Waals surface area contributed by atoms with E-state index < -0.39 is 0 Å². The number of aliphatic hydroxyl groups is 1. The van der Waals surface area contributed by atoms with Crippen LogP contribution in [-0.4, -0.2) is 23.9 Å². The molecular weight excluding hydrogens is 188 g/mol. The molecule has 2 heteroatoms. The lowest BCUT2D eigenvalue weighted by atomic mass is 9.71. The van der Waals surface area contributed by atoms with Crippen LogP contribution in [-0.2, 0) is 4.74 Å². The average molecular weight is 214 g/mol. The van der Waals surface area contributed by atoms with Crippen molar-refractivity contribution in [3.63, 3.8) is 0 Å². The summed E-state index contributed by atoms with van der Waals surface area (Å²) >= 11 is 0. The Bertz CT molecular complexity index is 181. The van der Waals surface area contributed by atoms with Crippen LogP contribution >= 0.6 is 0 Å². The molecule has 0 saturated heterocycles. The van der Waals surface area contributed by atoms with Crippen molar-refractivity contribution in [1.29, 1.82) is 0 Å². The van der Waals surface area contributed by atoms with E-state index in [-0.39, 0.29) is 6.10 Å². The van der Waals surface area contributed by atoms with E-state index in [4.69, 9.17) is 4.74 Å². The lowest BCUT2D eigenvalue weighted by Gasteiger charge is -2.37. The van der Waals surface area contributed by atoms with E-state index in [1.54, 1.807) is 6.92 Å². The van der Waals surface area contributed by atoms with Crippen molar-refractivity contribution in [2.24, 2.45) is 11.3 Å². The highest BCUT2D eigenvalue weighted by molar-refractivity contribution is 4.81. The zero-order chi connectivity index (χ0) is 11.5. The largest absolute Gasteiger partial charge is 0.391 e. The van der Waals surface area contributed by atoms with Gasteiger partial charge in [0.15, 0.2) is 0 Å². The predicted molar refractivity (Wildman–Crippen MR) is 62.8 cm³/mol. The van der Waals surface area contributed by atoms with E-state index in [1.807, 2.05) is 0 Å². The summed E-state index contributed by atoms with van der Waals surface area (Å²) in [5.41, 5.74) is 0.396. The lowest BCUT2D eigenvalue weighted by Crippen LogP contribution is -2.32. The first-order chi connectivity index (χ1) is 6.89. The molecule has 90 valence electrons. The fraction of sp³-hybridized carbons (Fsp3) is 1.00. The summed E-state index contributed by atoms with van der Waals surface area (Å²) in [4.78, 5) is 0. The van der Waals surface area contributed by atoms with E-state index in [1.165, 1.54) is 19.3 Å². The van der Waals surface area contributed by atoms with E-state index in [0.717, 1.165) is 12.3 Å². The monoisotopic (exact) mass is 214 g/mol. The third-order valence-corrected chi connectivity index (χ3v) is 3.42. The van der Waals surface area contributed by atoms with Gasteiger partial charge in [0.25, 0.3) is 0 Å². The van der Waals surface area contributed by atoms with Crippen LogP contribution in [0.3, 0.4) is 0 Å². The van der Waals surface area contributed by atoms with Gasteiger partial charge in [-0.15, -0.1) is 0 Å². The molecule has 1 fully saturated rings. The van der Waals surface area contributed by atoms with Gasteiger partial charge >= 0.3 is 0 Å². The maximum absolute atomic E-state index is 9.18. The van der Waals surface area contributed by atoms with Crippen molar-refractivity contribution >= 4 is 0 Å². The Hall–Kier alpha value is -0.0800. The normalized spacial score (nSPS) is 30.2. The minimum atomic E-state index is -0.333. The van der Waals surface area contributed by atoms with Crippen molar-refractivity contribution in [1.82, 2.24) is 0 Å². The number of rotatable bonds is 3. The fourth-order valence-electron chi connectivity index (χ4n) is 2.36.